The number of nitrogens with zero attached hydrogens (tertiary/aromatic N) is 4. The first kappa shape index (κ1) is 19.9. The third-order valence-corrected chi connectivity index (χ3v) is 7.95. The van der Waals surface area contributed by atoms with Crippen molar-refractivity contribution in [3.63, 3.8) is 0 Å². The summed E-state index contributed by atoms with van der Waals surface area (Å²) in [6.45, 7) is 3.39. The standard InChI is InChI=1S/C22H29N5O2S/c1-25(17-4-8-30-9-5-17)21(28)18-2-3-19-16-10-15(12-27(19)22(18)29)11-26(13-16)14-20-23-6-7-24-20/h2-3,6-7,15-17H,4-5,8-14H2,1H3,(H,23,24)/t15-,16+/m0/s1. The van der Waals surface area contributed by atoms with Gasteiger partial charge in [0.2, 0.25) is 0 Å². The number of aromatic amines is 1. The van der Waals surface area contributed by atoms with Crippen LogP contribution in [0.1, 0.15) is 47.1 Å². The molecule has 1 amide bonds. The van der Waals surface area contributed by atoms with E-state index in [9.17, 15) is 9.59 Å². The van der Waals surface area contributed by atoms with E-state index in [0.29, 0.717) is 23.9 Å². The second-order valence-corrected chi connectivity index (χ2v) is 10.1. The highest BCUT2D eigenvalue weighted by atomic mass is 32.2. The van der Waals surface area contributed by atoms with E-state index in [0.717, 1.165) is 61.9 Å². The molecule has 2 saturated heterocycles. The Bertz CT molecular complexity index is 966. The molecule has 0 aromatic carbocycles. The molecule has 2 aromatic heterocycles. The maximum absolute atomic E-state index is 13.3. The molecular formula is C22H29N5O2S. The van der Waals surface area contributed by atoms with Gasteiger partial charge in [-0.05, 0) is 48.8 Å². The molecule has 0 aliphatic carbocycles. The van der Waals surface area contributed by atoms with E-state index < -0.39 is 0 Å². The van der Waals surface area contributed by atoms with Crippen LogP contribution in [0.15, 0.2) is 29.3 Å². The zero-order valence-electron chi connectivity index (χ0n) is 17.4. The lowest BCUT2D eigenvalue weighted by Crippen LogP contribution is -2.48. The van der Waals surface area contributed by atoms with Gasteiger partial charge >= 0.3 is 0 Å². The summed E-state index contributed by atoms with van der Waals surface area (Å²) in [6, 6.07) is 4.04. The number of imidazole rings is 1. The van der Waals surface area contributed by atoms with Crippen LogP contribution in [0.4, 0.5) is 0 Å². The highest BCUT2D eigenvalue weighted by Crippen LogP contribution is 2.35. The first-order valence-corrected chi connectivity index (χ1v) is 12.0. The van der Waals surface area contributed by atoms with E-state index in [1.807, 2.05) is 35.6 Å². The van der Waals surface area contributed by atoms with Crippen LogP contribution in [0.2, 0.25) is 0 Å². The van der Waals surface area contributed by atoms with Crippen molar-refractivity contribution in [1.29, 1.82) is 0 Å². The van der Waals surface area contributed by atoms with Crippen molar-refractivity contribution in [1.82, 2.24) is 24.3 Å². The first-order chi connectivity index (χ1) is 14.6. The van der Waals surface area contributed by atoms with Gasteiger partial charge in [0, 0.05) is 56.7 Å². The van der Waals surface area contributed by atoms with Gasteiger partial charge in [-0.3, -0.25) is 14.5 Å². The molecule has 1 N–H and O–H groups in total. The third kappa shape index (κ3) is 3.71. The van der Waals surface area contributed by atoms with E-state index in [1.54, 1.807) is 17.2 Å². The zero-order chi connectivity index (χ0) is 20.7. The van der Waals surface area contributed by atoms with Crippen LogP contribution in [0.25, 0.3) is 0 Å². The molecule has 5 heterocycles. The number of amides is 1. The van der Waals surface area contributed by atoms with E-state index in [1.165, 1.54) is 0 Å². The molecule has 2 fully saturated rings. The van der Waals surface area contributed by atoms with Crippen LogP contribution in [-0.4, -0.2) is 67.9 Å². The van der Waals surface area contributed by atoms with E-state index in [-0.39, 0.29) is 17.5 Å². The minimum Gasteiger partial charge on any atom is -0.348 e. The van der Waals surface area contributed by atoms with Crippen LogP contribution < -0.4 is 5.56 Å². The minimum atomic E-state index is -0.123. The number of likely N-dealkylation sites (tertiary alicyclic amines) is 1. The van der Waals surface area contributed by atoms with Crippen LogP contribution in [0, 0.1) is 5.92 Å². The normalized spacial score (nSPS) is 24.4. The van der Waals surface area contributed by atoms with E-state index >= 15 is 0 Å². The number of piperidine rings is 1. The molecule has 7 nitrogen and oxygen atoms in total. The van der Waals surface area contributed by atoms with Gasteiger partial charge < -0.3 is 14.5 Å². The summed E-state index contributed by atoms with van der Waals surface area (Å²) in [5, 5.41) is 0. The molecule has 0 radical (unpaired) electrons. The predicted molar refractivity (Wildman–Crippen MR) is 118 cm³/mol. The summed E-state index contributed by atoms with van der Waals surface area (Å²) < 4.78 is 1.89. The smallest absolute Gasteiger partial charge is 0.263 e. The monoisotopic (exact) mass is 427 g/mol. The van der Waals surface area contributed by atoms with Gasteiger partial charge in [-0.25, -0.2) is 4.98 Å². The zero-order valence-corrected chi connectivity index (χ0v) is 18.2. The number of hydrogen-bond donors (Lipinski definition) is 1. The summed E-state index contributed by atoms with van der Waals surface area (Å²) >= 11 is 1.94. The molecule has 2 atom stereocenters. The van der Waals surface area contributed by atoms with Crippen molar-refractivity contribution < 1.29 is 4.79 Å². The topological polar surface area (TPSA) is 74.2 Å². The Labute approximate surface area is 180 Å². The highest BCUT2D eigenvalue weighted by Gasteiger charge is 2.36. The number of fused-ring (bicyclic) bond motifs is 4. The van der Waals surface area contributed by atoms with Crippen molar-refractivity contribution in [2.45, 2.75) is 44.3 Å². The number of H-pyrrole nitrogens is 1. The van der Waals surface area contributed by atoms with Gasteiger partial charge in [-0.15, -0.1) is 0 Å². The number of hydrogen-bond acceptors (Lipinski definition) is 5. The highest BCUT2D eigenvalue weighted by molar-refractivity contribution is 7.99. The third-order valence-electron chi connectivity index (χ3n) is 6.90. The predicted octanol–water partition coefficient (Wildman–Crippen LogP) is 2.16. The lowest BCUT2D eigenvalue weighted by Gasteiger charge is -2.42. The number of pyridine rings is 1. The SMILES string of the molecule is CN(C(=O)c1ccc2n(c1=O)C[C@H]1C[C@@H]2CN(Cc2ncc[nH]2)C1)C1CCSCC1. The van der Waals surface area contributed by atoms with Crippen LogP contribution in [0.5, 0.6) is 0 Å². The molecule has 0 spiro atoms. The van der Waals surface area contributed by atoms with Crippen LogP contribution in [0.3, 0.4) is 0 Å². The summed E-state index contributed by atoms with van der Waals surface area (Å²) in [7, 11) is 1.85. The van der Waals surface area contributed by atoms with E-state index in [4.69, 9.17) is 0 Å². The second kappa shape index (κ2) is 8.23. The van der Waals surface area contributed by atoms with Crippen molar-refractivity contribution >= 4 is 17.7 Å². The Kier molecular flexibility index (Phi) is 5.45. The molecule has 0 saturated carbocycles. The summed E-state index contributed by atoms with van der Waals surface area (Å²) in [6.07, 6.45) is 6.78. The fourth-order valence-electron chi connectivity index (χ4n) is 5.36. The minimum absolute atomic E-state index is 0.108. The van der Waals surface area contributed by atoms with Crippen molar-refractivity contribution in [2.75, 3.05) is 31.6 Å². The van der Waals surface area contributed by atoms with Gasteiger partial charge in [0.15, 0.2) is 0 Å². The number of rotatable bonds is 4. The second-order valence-electron chi connectivity index (χ2n) is 8.88. The molecule has 30 heavy (non-hydrogen) atoms. The lowest BCUT2D eigenvalue weighted by molar-refractivity contribution is 0.0718. The fourth-order valence-corrected chi connectivity index (χ4v) is 6.44. The number of aromatic nitrogens is 3. The quantitative estimate of drug-likeness (QED) is 0.809. The number of nitrogens with one attached hydrogen (secondary N) is 1. The molecule has 2 aromatic rings. The molecule has 3 aliphatic rings. The Morgan fingerprint density at radius 2 is 2.10 bits per heavy atom. The average Bonchev–Trinajstić information content (AvgIpc) is 3.27. The molecule has 8 heteroatoms. The molecule has 0 unspecified atom stereocenters. The van der Waals surface area contributed by atoms with Crippen molar-refractivity contribution in [3.8, 4) is 0 Å². The van der Waals surface area contributed by atoms with Crippen molar-refractivity contribution in [2.24, 2.45) is 5.92 Å². The lowest BCUT2D eigenvalue weighted by atomic mass is 9.83. The van der Waals surface area contributed by atoms with Gasteiger partial charge in [0.25, 0.3) is 11.5 Å². The first-order valence-electron chi connectivity index (χ1n) is 10.9. The van der Waals surface area contributed by atoms with Gasteiger partial charge in [0.1, 0.15) is 11.4 Å². The molecule has 160 valence electrons. The fraction of sp³-hybridized carbons (Fsp3) is 0.591. The summed E-state index contributed by atoms with van der Waals surface area (Å²) in [4.78, 5) is 38.2. The maximum atomic E-state index is 13.3. The van der Waals surface area contributed by atoms with Gasteiger partial charge in [-0.1, -0.05) is 0 Å². The van der Waals surface area contributed by atoms with Gasteiger partial charge in [-0.2, -0.15) is 11.8 Å². The number of carbonyl (C=O) groups is 1. The van der Waals surface area contributed by atoms with Crippen LogP contribution in [-0.2, 0) is 13.1 Å². The average molecular weight is 428 g/mol. The molecule has 3 aliphatic heterocycles. The Hall–Kier alpha value is -2.06. The largest absolute Gasteiger partial charge is 0.348 e. The number of carbonyl (C=O) groups excluding carboxylic acids is 1. The maximum Gasteiger partial charge on any atom is 0.263 e. The van der Waals surface area contributed by atoms with Crippen LogP contribution >= 0.6 is 11.8 Å². The summed E-state index contributed by atoms with van der Waals surface area (Å²) in [5.74, 6) is 3.80. The molecular weight excluding hydrogens is 398 g/mol. The van der Waals surface area contributed by atoms with E-state index in [2.05, 4.69) is 14.9 Å². The van der Waals surface area contributed by atoms with Gasteiger partial charge in [0.05, 0.1) is 6.54 Å². The molecule has 5 rings (SSSR count). The molecule has 2 bridgehead atoms. The Morgan fingerprint density at radius 3 is 2.87 bits per heavy atom. The number of thioether (sulfide) groups is 1. The van der Waals surface area contributed by atoms with Crippen molar-refractivity contribution in [3.05, 3.63) is 52.0 Å². The Morgan fingerprint density at radius 1 is 1.27 bits per heavy atom. The summed E-state index contributed by atoms with van der Waals surface area (Å²) in [5.41, 5.74) is 1.30. The Balaban J connectivity index is 1.36.